The van der Waals surface area contributed by atoms with Crippen molar-refractivity contribution >= 4 is 18.2 Å². The zero-order valence-corrected chi connectivity index (χ0v) is 13.9. The average molecular weight is 326 g/mol. The van der Waals surface area contributed by atoms with Crippen molar-refractivity contribution in [1.82, 2.24) is 10.6 Å². The van der Waals surface area contributed by atoms with Crippen molar-refractivity contribution in [1.29, 1.82) is 0 Å². The molecular weight excluding hydrogens is 301 g/mol. The molecule has 0 saturated heterocycles. The van der Waals surface area contributed by atoms with E-state index in [-0.39, 0.29) is 23.8 Å². The number of hydrogen-bond acceptors (Lipinski definition) is 3. The molecular formula is C17H25ClFN3. The van der Waals surface area contributed by atoms with Crippen LogP contribution in [-0.4, -0.2) is 24.5 Å². The van der Waals surface area contributed by atoms with Crippen molar-refractivity contribution in [3.8, 4) is 0 Å². The molecule has 2 atom stereocenters. The highest BCUT2D eigenvalue weighted by molar-refractivity contribution is 5.92. The summed E-state index contributed by atoms with van der Waals surface area (Å²) in [6.07, 6.45) is 4.98. The predicted molar refractivity (Wildman–Crippen MR) is 91.2 cm³/mol. The quantitative estimate of drug-likeness (QED) is 0.875. The Morgan fingerprint density at radius 3 is 2.82 bits per heavy atom. The van der Waals surface area contributed by atoms with E-state index in [1.54, 1.807) is 0 Å². The van der Waals surface area contributed by atoms with Crippen LogP contribution >= 0.6 is 12.4 Å². The van der Waals surface area contributed by atoms with Gasteiger partial charge in [0.15, 0.2) is 0 Å². The van der Waals surface area contributed by atoms with Gasteiger partial charge in [-0.05, 0) is 36.5 Å². The van der Waals surface area contributed by atoms with E-state index in [2.05, 4.69) is 17.6 Å². The summed E-state index contributed by atoms with van der Waals surface area (Å²) in [5, 5.41) is 7.24. The largest absolute Gasteiger partial charge is 0.368 e. The zero-order chi connectivity index (χ0) is 14.7. The molecule has 1 aliphatic carbocycles. The molecule has 0 amide bonds. The second-order valence-electron chi connectivity index (χ2n) is 6.26. The van der Waals surface area contributed by atoms with Crippen LogP contribution in [0.5, 0.6) is 0 Å². The molecule has 2 aliphatic rings. The lowest BCUT2D eigenvalue weighted by Gasteiger charge is -2.46. The third-order valence-corrected chi connectivity index (χ3v) is 4.92. The summed E-state index contributed by atoms with van der Waals surface area (Å²) in [4.78, 5) is 4.76. The molecule has 0 bridgehead atoms. The molecule has 1 fully saturated rings. The van der Waals surface area contributed by atoms with Crippen LogP contribution in [0.3, 0.4) is 0 Å². The lowest BCUT2D eigenvalue weighted by atomic mass is 9.72. The summed E-state index contributed by atoms with van der Waals surface area (Å²) in [6, 6.07) is 6.68. The van der Waals surface area contributed by atoms with Crippen molar-refractivity contribution in [3.05, 3.63) is 35.6 Å². The highest BCUT2D eigenvalue weighted by Crippen LogP contribution is 2.35. The predicted octanol–water partition coefficient (Wildman–Crippen LogP) is 3.29. The Morgan fingerprint density at radius 2 is 2.09 bits per heavy atom. The Balaban J connectivity index is 0.00000176. The number of halogens is 2. The van der Waals surface area contributed by atoms with Crippen molar-refractivity contribution < 1.29 is 4.39 Å². The minimum atomic E-state index is -0.187. The maximum Gasteiger partial charge on any atom is 0.123 e. The number of aliphatic imine (C=N–C) groups is 1. The third kappa shape index (κ3) is 3.44. The highest BCUT2D eigenvalue weighted by atomic mass is 35.5. The summed E-state index contributed by atoms with van der Waals surface area (Å²) >= 11 is 0. The molecule has 1 aliphatic heterocycles. The first-order valence-corrected chi connectivity index (χ1v) is 7.99. The molecule has 5 heteroatoms. The lowest BCUT2D eigenvalue weighted by molar-refractivity contribution is 0.215. The van der Waals surface area contributed by atoms with Crippen LogP contribution in [-0.2, 0) is 6.54 Å². The molecule has 2 N–H and O–H groups in total. The first-order valence-electron chi connectivity index (χ1n) is 7.99. The molecule has 1 aromatic carbocycles. The standard InChI is InChI=1S/C17H24FN3.ClH/c1-13-4-2-3-9-17(13)16(19-10-11-21-17)20-12-14-5-7-15(18)8-6-14;/h5-8,13,21H,2-4,9-12H2,1H3,(H,19,20);1H. The zero-order valence-electron chi connectivity index (χ0n) is 13.1. The first-order chi connectivity index (χ1) is 10.2. The van der Waals surface area contributed by atoms with Gasteiger partial charge in [0, 0.05) is 13.1 Å². The number of hydrogen-bond donors (Lipinski definition) is 2. The SMILES string of the molecule is CC1CCCCC12NCCN=C2NCc1ccc(F)cc1.Cl. The van der Waals surface area contributed by atoms with Gasteiger partial charge in [-0.2, -0.15) is 0 Å². The second-order valence-corrected chi connectivity index (χ2v) is 6.26. The second kappa shape index (κ2) is 7.42. The summed E-state index contributed by atoms with van der Waals surface area (Å²) in [6.45, 7) is 4.83. The Kier molecular flexibility index (Phi) is 5.81. The van der Waals surface area contributed by atoms with Crippen LogP contribution < -0.4 is 10.6 Å². The fourth-order valence-corrected chi connectivity index (χ4v) is 3.63. The van der Waals surface area contributed by atoms with Crippen LogP contribution in [0.4, 0.5) is 4.39 Å². The number of benzene rings is 1. The van der Waals surface area contributed by atoms with Crippen LogP contribution in [0.25, 0.3) is 0 Å². The molecule has 0 aromatic heterocycles. The minimum absolute atomic E-state index is 0. The van der Waals surface area contributed by atoms with Crippen molar-refractivity contribution in [2.75, 3.05) is 13.1 Å². The molecule has 1 heterocycles. The lowest BCUT2D eigenvalue weighted by Crippen LogP contribution is -2.64. The van der Waals surface area contributed by atoms with Gasteiger partial charge in [0.2, 0.25) is 0 Å². The number of nitrogens with one attached hydrogen (secondary N) is 2. The normalized spacial score (nSPS) is 27.9. The van der Waals surface area contributed by atoms with Crippen molar-refractivity contribution in [3.63, 3.8) is 0 Å². The maximum atomic E-state index is 13.0. The van der Waals surface area contributed by atoms with Gasteiger partial charge in [-0.15, -0.1) is 12.4 Å². The van der Waals surface area contributed by atoms with E-state index in [1.807, 2.05) is 12.1 Å². The molecule has 1 saturated carbocycles. The smallest absolute Gasteiger partial charge is 0.123 e. The van der Waals surface area contributed by atoms with Gasteiger partial charge in [-0.1, -0.05) is 31.9 Å². The monoisotopic (exact) mass is 325 g/mol. The van der Waals surface area contributed by atoms with Gasteiger partial charge in [-0.3, -0.25) is 4.99 Å². The molecule has 22 heavy (non-hydrogen) atoms. The molecule has 3 rings (SSSR count). The topological polar surface area (TPSA) is 36.4 Å². The Hall–Kier alpha value is -1.13. The van der Waals surface area contributed by atoms with Gasteiger partial charge in [-0.25, -0.2) is 4.39 Å². The summed E-state index contributed by atoms with van der Waals surface area (Å²) in [5.74, 6) is 1.52. The van der Waals surface area contributed by atoms with E-state index in [0.717, 1.165) is 30.9 Å². The molecule has 2 unspecified atom stereocenters. The fourth-order valence-electron chi connectivity index (χ4n) is 3.63. The van der Waals surface area contributed by atoms with Gasteiger partial charge < -0.3 is 10.6 Å². The first kappa shape index (κ1) is 17.2. The average Bonchev–Trinajstić information content (AvgIpc) is 2.51. The van der Waals surface area contributed by atoms with E-state index in [1.165, 1.54) is 31.4 Å². The Bertz CT molecular complexity index is 517. The Labute approximate surface area is 138 Å². The molecule has 1 spiro atoms. The van der Waals surface area contributed by atoms with E-state index in [0.29, 0.717) is 12.5 Å². The van der Waals surface area contributed by atoms with Gasteiger partial charge in [0.25, 0.3) is 0 Å². The van der Waals surface area contributed by atoms with Crippen molar-refractivity contribution in [2.24, 2.45) is 10.9 Å². The summed E-state index contributed by atoms with van der Waals surface area (Å²) in [7, 11) is 0. The fraction of sp³-hybridized carbons (Fsp3) is 0.588. The maximum absolute atomic E-state index is 13.0. The van der Waals surface area contributed by atoms with E-state index < -0.39 is 0 Å². The molecule has 0 radical (unpaired) electrons. The third-order valence-electron chi connectivity index (χ3n) is 4.92. The van der Waals surface area contributed by atoms with E-state index in [4.69, 9.17) is 4.99 Å². The van der Waals surface area contributed by atoms with E-state index >= 15 is 0 Å². The Morgan fingerprint density at radius 1 is 1.32 bits per heavy atom. The van der Waals surface area contributed by atoms with Gasteiger partial charge >= 0.3 is 0 Å². The van der Waals surface area contributed by atoms with E-state index in [9.17, 15) is 4.39 Å². The van der Waals surface area contributed by atoms with Crippen LogP contribution in [0.2, 0.25) is 0 Å². The highest BCUT2D eigenvalue weighted by Gasteiger charge is 2.43. The summed E-state index contributed by atoms with van der Waals surface area (Å²) in [5.41, 5.74) is 1.11. The van der Waals surface area contributed by atoms with Crippen molar-refractivity contribution in [2.45, 2.75) is 44.7 Å². The van der Waals surface area contributed by atoms with Gasteiger partial charge in [0.05, 0.1) is 12.1 Å². The number of nitrogens with zero attached hydrogens (tertiary/aromatic N) is 1. The van der Waals surface area contributed by atoms with Gasteiger partial charge in [0.1, 0.15) is 11.7 Å². The van der Waals surface area contributed by atoms with Crippen LogP contribution in [0, 0.1) is 11.7 Å². The number of amidine groups is 1. The molecule has 3 nitrogen and oxygen atoms in total. The molecule has 122 valence electrons. The summed E-state index contributed by atoms with van der Waals surface area (Å²) < 4.78 is 13.0. The molecule has 1 aromatic rings. The minimum Gasteiger partial charge on any atom is -0.368 e. The van der Waals surface area contributed by atoms with Crippen LogP contribution in [0.15, 0.2) is 29.3 Å². The number of rotatable bonds is 2. The van der Waals surface area contributed by atoms with Crippen LogP contribution in [0.1, 0.15) is 38.2 Å².